The largest absolute Gasteiger partial charge is 0.378 e. The van der Waals surface area contributed by atoms with Gasteiger partial charge in [-0.15, -0.1) is 0 Å². The van der Waals surface area contributed by atoms with Gasteiger partial charge in [0, 0.05) is 18.8 Å². The second kappa shape index (κ2) is 6.10. The van der Waals surface area contributed by atoms with E-state index in [4.69, 9.17) is 4.74 Å². The highest BCUT2D eigenvalue weighted by Crippen LogP contribution is 2.19. The first-order valence-corrected chi connectivity index (χ1v) is 7.28. The van der Waals surface area contributed by atoms with E-state index in [-0.39, 0.29) is 0 Å². The highest BCUT2D eigenvalue weighted by atomic mass is 16.5. The van der Waals surface area contributed by atoms with Crippen molar-refractivity contribution in [1.82, 2.24) is 0 Å². The quantitative estimate of drug-likeness (QED) is 0.845. The van der Waals surface area contributed by atoms with E-state index in [9.17, 15) is 0 Å². The molecule has 104 valence electrons. The number of rotatable bonds is 3. The second-order valence-corrected chi connectivity index (χ2v) is 5.43. The van der Waals surface area contributed by atoms with Crippen LogP contribution in [-0.4, -0.2) is 26.3 Å². The minimum atomic E-state index is 0.836. The van der Waals surface area contributed by atoms with Crippen molar-refractivity contribution >= 4 is 5.69 Å². The van der Waals surface area contributed by atoms with E-state index in [1.165, 1.54) is 22.4 Å². The van der Waals surface area contributed by atoms with E-state index >= 15 is 0 Å². The third-order valence-electron chi connectivity index (χ3n) is 3.82. The van der Waals surface area contributed by atoms with Crippen molar-refractivity contribution < 1.29 is 4.74 Å². The lowest BCUT2D eigenvalue weighted by Gasteiger charge is -2.29. The van der Waals surface area contributed by atoms with Crippen LogP contribution in [0, 0.1) is 6.92 Å². The maximum absolute atomic E-state index is 5.42. The Labute approximate surface area is 121 Å². The number of benzene rings is 2. The van der Waals surface area contributed by atoms with E-state index in [1.54, 1.807) is 0 Å². The first-order valence-electron chi connectivity index (χ1n) is 7.28. The zero-order valence-electron chi connectivity index (χ0n) is 12.0. The summed E-state index contributed by atoms with van der Waals surface area (Å²) in [5.74, 6) is 0. The fourth-order valence-electron chi connectivity index (χ4n) is 2.63. The van der Waals surface area contributed by atoms with Crippen LogP contribution >= 0.6 is 0 Å². The molecule has 3 rings (SSSR count). The number of anilines is 1. The molecular weight excluding hydrogens is 246 g/mol. The molecule has 0 amide bonds. The summed E-state index contributed by atoms with van der Waals surface area (Å²) in [4.78, 5) is 2.40. The predicted molar refractivity (Wildman–Crippen MR) is 83.5 cm³/mol. The second-order valence-electron chi connectivity index (χ2n) is 5.43. The standard InChI is InChI=1S/C18H21NO/c1-15-5-7-16(8-6-15)13-17-3-2-4-18(14-17)19-9-11-20-12-10-19/h2-8,14H,9-13H2,1H3. The first-order chi connectivity index (χ1) is 9.81. The van der Waals surface area contributed by atoms with Gasteiger partial charge in [0.1, 0.15) is 0 Å². The minimum absolute atomic E-state index is 0.836. The Bertz CT molecular complexity index is 556. The predicted octanol–water partition coefficient (Wildman–Crippen LogP) is 3.42. The third kappa shape index (κ3) is 3.20. The van der Waals surface area contributed by atoms with Gasteiger partial charge in [-0.05, 0) is 36.6 Å². The van der Waals surface area contributed by atoms with Gasteiger partial charge in [0.05, 0.1) is 13.2 Å². The Morgan fingerprint density at radius 3 is 2.45 bits per heavy atom. The molecule has 2 heteroatoms. The van der Waals surface area contributed by atoms with Gasteiger partial charge >= 0.3 is 0 Å². The van der Waals surface area contributed by atoms with Gasteiger partial charge in [-0.3, -0.25) is 0 Å². The average molecular weight is 267 g/mol. The molecule has 1 saturated heterocycles. The van der Waals surface area contributed by atoms with Crippen molar-refractivity contribution in [3.05, 3.63) is 65.2 Å². The summed E-state index contributed by atoms with van der Waals surface area (Å²) in [6.45, 7) is 5.79. The number of ether oxygens (including phenoxy) is 1. The van der Waals surface area contributed by atoms with Gasteiger partial charge in [0.25, 0.3) is 0 Å². The van der Waals surface area contributed by atoms with Crippen molar-refractivity contribution in [1.29, 1.82) is 0 Å². The maximum Gasteiger partial charge on any atom is 0.0642 e. The molecule has 0 aliphatic carbocycles. The number of hydrogen-bond donors (Lipinski definition) is 0. The lowest BCUT2D eigenvalue weighted by atomic mass is 10.0. The Morgan fingerprint density at radius 2 is 1.70 bits per heavy atom. The summed E-state index contributed by atoms with van der Waals surface area (Å²) in [6.07, 6.45) is 0.998. The molecule has 0 bridgehead atoms. The average Bonchev–Trinajstić information content (AvgIpc) is 2.51. The Balaban J connectivity index is 1.75. The maximum atomic E-state index is 5.42. The Hall–Kier alpha value is -1.80. The molecule has 2 aromatic carbocycles. The molecule has 1 aliphatic heterocycles. The number of nitrogens with zero attached hydrogens (tertiary/aromatic N) is 1. The van der Waals surface area contributed by atoms with Crippen molar-refractivity contribution in [2.24, 2.45) is 0 Å². The lowest BCUT2D eigenvalue weighted by Crippen LogP contribution is -2.36. The molecule has 0 radical (unpaired) electrons. The smallest absolute Gasteiger partial charge is 0.0642 e. The van der Waals surface area contributed by atoms with Gasteiger partial charge in [0.2, 0.25) is 0 Å². The molecular formula is C18H21NO. The van der Waals surface area contributed by atoms with Crippen LogP contribution in [-0.2, 0) is 11.2 Å². The monoisotopic (exact) mass is 267 g/mol. The summed E-state index contributed by atoms with van der Waals surface area (Å²) in [5.41, 5.74) is 5.38. The molecule has 1 heterocycles. The first kappa shape index (κ1) is 13.2. The molecule has 0 atom stereocenters. The Kier molecular flexibility index (Phi) is 4.03. The fourth-order valence-corrected chi connectivity index (χ4v) is 2.63. The van der Waals surface area contributed by atoms with E-state index in [0.29, 0.717) is 0 Å². The molecule has 0 saturated carbocycles. The van der Waals surface area contributed by atoms with Gasteiger partial charge in [-0.25, -0.2) is 0 Å². The van der Waals surface area contributed by atoms with Crippen molar-refractivity contribution in [3.8, 4) is 0 Å². The van der Waals surface area contributed by atoms with Gasteiger partial charge in [0.15, 0.2) is 0 Å². The van der Waals surface area contributed by atoms with Crippen LogP contribution in [0.5, 0.6) is 0 Å². The SMILES string of the molecule is Cc1ccc(Cc2cccc(N3CCOCC3)c2)cc1. The summed E-state index contributed by atoms with van der Waals surface area (Å²) in [6, 6.07) is 17.7. The van der Waals surface area contributed by atoms with Crippen LogP contribution < -0.4 is 4.90 Å². The lowest BCUT2D eigenvalue weighted by molar-refractivity contribution is 0.122. The van der Waals surface area contributed by atoms with Crippen molar-refractivity contribution in [3.63, 3.8) is 0 Å². The Morgan fingerprint density at radius 1 is 0.950 bits per heavy atom. The minimum Gasteiger partial charge on any atom is -0.378 e. The normalized spacial score (nSPS) is 15.3. The summed E-state index contributed by atoms with van der Waals surface area (Å²) in [5, 5.41) is 0. The molecule has 1 aliphatic rings. The van der Waals surface area contributed by atoms with Gasteiger partial charge in [-0.1, -0.05) is 42.0 Å². The van der Waals surface area contributed by atoms with Crippen LogP contribution in [0.3, 0.4) is 0 Å². The number of hydrogen-bond acceptors (Lipinski definition) is 2. The van der Waals surface area contributed by atoms with Crippen LogP contribution in [0.25, 0.3) is 0 Å². The topological polar surface area (TPSA) is 12.5 Å². The van der Waals surface area contributed by atoms with Crippen LogP contribution in [0.1, 0.15) is 16.7 Å². The van der Waals surface area contributed by atoms with Gasteiger partial charge in [-0.2, -0.15) is 0 Å². The molecule has 2 nitrogen and oxygen atoms in total. The van der Waals surface area contributed by atoms with Crippen LogP contribution in [0.2, 0.25) is 0 Å². The third-order valence-corrected chi connectivity index (χ3v) is 3.82. The van der Waals surface area contributed by atoms with E-state index in [2.05, 4.69) is 60.4 Å². The number of aryl methyl sites for hydroxylation is 1. The molecule has 0 spiro atoms. The van der Waals surface area contributed by atoms with Crippen molar-refractivity contribution in [2.45, 2.75) is 13.3 Å². The van der Waals surface area contributed by atoms with Crippen LogP contribution in [0.15, 0.2) is 48.5 Å². The molecule has 1 fully saturated rings. The summed E-state index contributed by atoms with van der Waals surface area (Å²) < 4.78 is 5.42. The van der Waals surface area contributed by atoms with E-state index < -0.39 is 0 Å². The zero-order valence-corrected chi connectivity index (χ0v) is 12.0. The highest BCUT2D eigenvalue weighted by molar-refractivity contribution is 5.49. The van der Waals surface area contributed by atoms with Crippen molar-refractivity contribution in [2.75, 3.05) is 31.2 Å². The molecule has 2 aromatic rings. The summed E-state index contributed by atoms with van der Waals surface area (Å²) in [7, 11) is 0. The van der Waals surface area contributed by atoms with Crippen LogP contribution in [0.4, 0.5) is 5.69 Å². The number of morpholine rings is 1. The molecule has 0 unspecified atom stereocenters. The van der Waals surface area contributed by atoms with E-state index in [1.807, 2.05) is 0 Å². The summed E-state index contributed by atoms with van der Waals surface area (Å²) >= 11 is 0. The zero-order chi connectivity index (χ0) is 13.8. The van der Waals surface area contributed by atoms with E-state index in [0.717, 1.165) is 32.7 Å². The molecule has 20 heavy (non-hydrogen) atoms. The molecule has 0 N–H and O–H groups in total. The fraction of sp³-hybridized carbons (Fsp3) is 0.333. The van der Waals surface area contributed by atoms with Gasteiger partial charge < -0.3 is 9.64 Å². The highest BCUT2D eigenvalue weighted by Gasteiger charge is 2.11. The molecule has 0 aromatic heterocycles.